The SMILES string of the molecule is COCCNC(=O)C1=C[C@@H](c2ccc(Br)cc2)C[C@@H](OCCCCO)O1. The monoisotopic (exact) mass is 427 g/mol. The van der Waals surface area contributed by atoms with E-state index in [1.54, 1.807) is 7.11 Å². The van der Waals surface area contributed by atoms with Crippen molar-refractivity contribution in [1.29, 1.82) is 0 Å². The van der Waals surface area contributed by atoms with Crippen LogP contribution in [-0.4, -0.2) is 50.8 Å². The Morgan fingerprint density at radius 2 is 2.08 bits per heavy atom. The molecule has 0 fully saturated rings. The highest BCUT2D eigenvalue weighted by Gasteiger charge is 2.28. The first kappa shape index (κ1) is 20.9. The number of ether oxygens (including phenoxy) is 3. The number of hydrogen-bond acceptors (Lipinski definition) is 5. The van der Waals surface area contributed by atoms with Crippen LogP contribution in [0.1, 0.15) is 30.7 Å². The predicted octanol–water partition coefficient (Wildman–Crippen LogP) is 2.71. The maximum absolute atomic E-state index is 12.4. The summed E-state index contributed by atoms with van der Waals surface area (Å²) in [6, 6.07) is 8.02. The summed E-state index contributed by atoms with van der Waals surface area (Å²) >= 11 is 3.44. The Morgan fingerprint density at radius 1 is 1.31 bits per heavy atom. The van der Waals surface area contributed by atoms with Gasteiger partial charge < -0.3 is 24.6 Å². The summed E-state index contributed by atoms with van der Waals surface area (Å²) in [5.41, 5.74) is 1.10. The number of rotatable bonds is 10. The zero-order valence-corrected chi connectivity index (χ0v) is 16.5. The number of allylic oxidation sites excluding steroid dienone is 1. The lowest BCUT2D eigenvalue weighted by Gasteiger charge is -2.29. The van der Waals surface area contributed by atoms with Crippen LogP contribution in [-0.2, 0) is 19.0 Å². The fourth-order valence-corrected chi connectivity index (χ4v) is 2.91. The number of halogens is 1. The van der Waals surface area contributed by atoms with Gasteiger partial charge in [0.15, 0.2) is 5.76 Å². The topological polar surface area (TPSA) is 77.0 Å². The maximum Gasteiger partial charge on any atom is 0.286 e. The van der Waals surface area contributed by atoms with Crippen LogP contribution in [0.15, 0.2) is 40.6 Å². The Balaban J connectivity index is 2.06. The Morgan fingerprint density at radius 3 is 2.77 bits per heavy atom. The Bertz CT molecular complexity index is 590. The number of aliphatic hydroxyl groups excluding tert-OH is 1. The largest absolute Gasteiger partial charge is 0.459 e. The zero-order chi connectivity index (χ0) is 18.8. The average Bonchev–Trinajstić information content (AvgIpc) is 2.66. The second-order valence-electron chi connectivity index (χ2n) is 6.02. The molecule has 0 bridgehead atoms. The minimum atomic E-state index is -0.490. The third kappa shape index (κ3) is 6.72. The van der Waals surface area contributed by atoms with Gasteiger partial charge in [-0.3, -0.25) is 4.79 Å². The molecule has 0 unspecified atom stereocenters. The molecule has 1 aromatic carbocycles. The van der Waals surface area contributed by atoms with E-state index < -0.39 is 6.29 Å². The maximum atomic E-state index is 12.4. The van der Waals surface area contributed by atoms with Gasteiger partial charge in [0.05, 0.1) is 13.2 Å². The number of carbonyl (C=O) groups is 1. The van der Waals surface area contributed by atoms with Crippen LogP contribution in [0.25, 0.3) is 0 Å². The van der Waals surface area contributed by atoms with Gasteiger partial charge in [-0.2, -0.15) is 0 Å². The lowest BCUT2D eigenvalue weighted by atomic mass is 9.93. The molecule has 1 aliphatic heterocycles. The van der Waals surface area contributed by atoms with E-state index in [1.807, 2.05) is 30.3 Å². The minimum absolute atomic E-state index is 0.0304. The van der Waals surface area contributed by atoms with Crippen molar-refractivity contribution < 1.29 is 24.1 Å². The van der Waals surface area contributed by atoms with E-state index >= 15 is 0 Å². The Labute approximate surface area is 162 Å². The number of amides is 1. The molecule has 6 nitrogen and oxygen atoms in total. The number of nitrogens with one attached hydrogen (secondary N) is 1. The van der Waals surface area contributed by atoms with Crippen LogP contribution in [0.4, 0.5) is 0 Å². The van der Waals surface area contributed by atoms with Gasteiger partial charge in [-0.25, -0.2) is 0 Å². The zero-order valence-electron chi connectivity index (χ0n) is 14.9. The van der Waals surface area contributed by atoms with Crippen molar-refractivity contribution in [2.24, 2.45) is 0 Å². The lowest BCUT2D eigenvalue weighted by molar-refractivity contribution is -0.146. The summed E-state index contributed by atoms with van der Waals surface area (Å²) in [7, 11) is 1.59. The van der Waals surface area contributed by atoms with Crippen molar-refractivity contribution in [3.05, 3.63) is 46.1 Å². The van der Waals surface area contributed by atoms with Crippen LogP contribution < -0.4 is 5.32 Å². The lowest BCUT2D eigenvalue weighted by Crippen LogP contribution is -2.34. The van der Waals surface area contributed by atoms with E-state index in [0.29, 0.717) is 32.6 Å². The van der Waals surface area contributed by atoms with Crippen molar-refractivity contribution in [2.75, 3.05) is 33.5 Å². The van der Waals surface area contributed by atoms with Gasteiger partial charge in [0.25, 0.3) is 5.91 Å². The van der Waals surface area contributed by atoms with Gasteiger partial charge >= 0.3 is 0 Å². The molecule has 0 aromatic heterocycles. The minimum Gasteiger partial charge on any atom is -0.459 e. The second kappa shape index (κ2) is 11.3. The first-order valence-electron chi connectivity index (χ1n) is 8.77. The van der Waals surface area contributed by atoms with Crippen LogP contribution >= 0.6 is 15.9 Å². The number of methoxy groups -OCH3 is 1. The average molecular weight is 428 g/mol. The molecular weight excluding hydrogens is 402 g/mol. The number of carbonyl (C=O) groups excluding carboxylic acids is 1. The molecular formula is C19H26BrNO5. The highest BCUT2D eigenvalue weighted by atomic mass is 79.9. The van der Waals surface area contributed by atoms with E-state index in [4.69, 9.17) is 19.3 Å². The van der Waals surface area contributed by atoms with E-state index in [2.05, 4.69) is 21.2 Å². The quantitative estimate of drug-likeness (QED) is 0.561. The van der Waals surface area contributed by atoms with Gasteiger partial charge in [-0.15, -0.1) is 0 Å². The molecule has 0 saturated carbocycles. The van der Waals surface area contributed by atoms with Gasteiger partial charge in [0, 0.05) is 37.1 Å². The number of aliphatic hydroxyl groups is 1. The third-order valence-corrected chi connectivity index (χ3v) is 4.56. The van der Waals surface area contributed by atoms with E-state index in [0.717, 1.165) is 16.5 Å². The highest BCUT2D eigenvalue weighted by molar-refractivity contribution is 9.10. The van der Waals surface area contributed by atoms with Gasteiger partial charge in [0.2, 0.25) is 6.29 Å². The molecule has 2 N–H and O–H groups in total. The van der Waals surface area contributed by atoms with E-state index in [-0.39, 0.29) is 24.2 Å². The molecule has 2 rings (SSSR count). The Kier molecular flexibility index (Phi) is 9.11. The van der Waals surface area contributed by atoms with Crippen molar-refractivity contribution in [3.63, 3.8) is 0 Å². The first-order chi connectivity index (χ1) is 12.6. The summed E-state index contributed by atoms with van der Waals surface area (Å²) in [6.07, 6.45) is 3.42. The molecule has 144 valence electrons. The normalized spacial score (nSPS) is 19.6. The molecule has 1 aromatic rings. The molecule has 0 spiro atoms. The molecule has 26 heavy (non-hydrogen) atoms. The molecule has 1 heterocycles. The molecule has 1 amide bonds. The molecule has 0 radical (unpaired) electrons. The standard InChI is InChI=1S/C19H26BrNO5/c1-24-11-8-21-19(23)17-12-15(14-4-6-16(20)7-5-14)13-18(26-17)25-10-3-2-9-22/h4-7,12,15,18,22H,2-3,8-11,13H2,1H3,(H,21,23)/t15-,18+/m1/s1. The van der Waals surface area contributed by atoms with Crippen molar-refractivity contribution in [1.82, 2.24) is 5.32 Å². The second-order valence-corrected chi connectivity index (χ2v) is 6.94. The molecule has 1 aliphatic rings. The number of unbranched alkanes of at least 4 members (excludes halogenated alkanes) is 1. The van der Waals surface area contributed by atoms with E-state index in [1.165, 1.54) is 0 Å². The summed E-state index contributed by atoms with van der Waals surface area (Å²) in [5, 5.41) is 11.6. The van der Waals surface area contributed by atoms with Crippen LogP contribution in [0.2, 0.25) is 0 Å². The molecule has 0 aliphatic carbocycles. The van der Waals surface area contributed by atoms with Crippen molar-refractivity contribution in [2.45, 2.75) is 31.5 Å². The molecule has 7 heteroatoms. The smallest absolute Gasteiger partial charge is 0.286 e. The number of hydrogen-bond donors (Lipinski definition) is 2. The highest BCUT2D eigenvalue weighted by Crippen LogP contribution is 2.32. The number of benzene rings is 1. The first-order valence-corrected chi connectivity index (χ1v) is 9.57. The predicted molar refractivity (Wildman–Crippen MR) is 102 cm³/mol. The summed E-state index contributed by atoms with van der Waals surface area (Å²) < 4.78 is 17.5. The summed E-state index contributed by atoms with van der Waals surface area (Å²) in [6.45, 7) is 1.48. The molecule has 0 saturated heterocycles. The summed E-state index contributed by atoms with van der Waals surface area (Å²) in [5.74, 6) is 0.0307. The van der Waals surface area contributed by atoms with Gasteiger partial charge in [-0.05, 0) is 36.6 Å². The van der Waals surface area contributed by atoms with Crippen LogP contribution in [0.3, 0.4) is 0 Å². The third-order valence-electron chi connectivity index (χ3n) is 4.03. The fraction of sp³-hybridized carbons (Fsp3) is 0.526. The Hall–Kier alpha value is -1.41. The van der Waals surface area contributed by atoms with E-state index in [9.17, 15) is 4.79 Å². The van der Waals surface area contributed by atoms with Crippen molar-refractivity contribution >= 4 is 21.8 Å². The summed E-state index contributed by atoms with van der Waals surface area (Å²) in [4.78, 5) is 12.4. The van der Waals surface area contributed by atoms with Gasteiger partial charge in [-0.1, -0.05) is 28.1 Å². The fourth-order valence-electron chi connectivity index (χ4n) is 2.64. The van der Waals surface area contributed by atoms with Gasteiger partial charge in [0.1, 0.15) is 0 Å². The van der Waals surface area contributed by atoms with Crippen LogP contribution in [0, 0.1) is 0 Å². The molecule has 2 atom stereocenters. The van der Waals surface area contributed by atoms with Crippen LogP contribution in [0.5, 0.6) is 0 Å². The van der Waals surface area contributed by atoms with Crippen molar-refractivity contribution in [3.8, 4) is 0 Å².